The van der Waals surface area contributed by atoms with E-state index in [2.05, 4.69) is 31.2 Å². The van der Waals surface area contributed by atoms with Crippen molar-refractivity contribution in [1.82, 2.24) is 19.8 Å². The van der Waals surface area contributed by atoms with E-state index >= 15 is 0 Å². The van der Waals surface area contributed by atoms with E-state index in [0.29, 0.717) is 0 Å². The second kappa shape index (κ2) is 9.76. The first-order chi connectivity index (χ1) is 13.4. The lowest BCUT2D eigenvalue weighted by atomic mass is 9.90. The molecule has 1 aliphatic heterocycles. The van der Waals surface area contributed by atoms with Crippen LogP contribution in [-0.2, 0) is 13.1 Å². The van der Waals surface area contributed by atoms with Crippen molar-refractivity contribution in [3.8, 4) is 0 Å². The molecule has 5 heteroatoms. The maximum absolute atomic E-state index is 4.53. The number of likely N-dealkylation sites (tertiary alicyclic amines) is 1. The van der Waals surface area contributed by atoms with Crippen molar-refractivity contribution in [2.45, 2.75) is 64.1 Å². The Labute approximate surface area is 167 Å². The zero-order chi connectivity index (χ0) is 18.3. The highest BCUT2D eigenvalue weighted by Crippen LogP contribution is 2.28. The van der Waals surface area contributed by atoms with Crippen LogP contribution in [0.1, 0.15) is 55.5 Å². The fraction of sp³-hybridized carbons (Fsp3) is 0.636. The van der Waals surface area contributed by atoms with Crippen molar-refractivity contribution in [2.75, 3.05) is 19.6 Å². The predicted octanol–water partition coefficient (Wildman–Crippen LogP) is 4.59. The first-order valence-corrected chi connectivity index (χ1v) is 11.5. The minimum Gasteiger partial charge on any atom is -0.300 e. The van der Waals surface area contributed by atoms with E-state index in [-0.39, 0.29) is 0 Å². The van der Waals surface area contributed by atoms with Gasteiger partial charge in [-0.1, -0.05) is 25.3 Å². The molecule has 1 saturated carbocycles. The van der Waals surface area contributed by atoms with Gasteiger partial charge in [-0.3, -0.25) is 9.88 Å². The molecule has 2 aromatic rings. The lowest BCUT2D eigenvalue weighted by Gasteiger charge is -2.41. The van der Waals surface area contributed by atoms with Crippen LogP contribution in [0.2, 0.25) is 0 Å². The highest BCUT2D eigenvalue weighted by molar-refractivity contribution is 7.09. The Hall–Kier alpha value is -1.30. The number of piperidine rings is 1. The lowest BCUT2D eigenvalue weighted by Crippen LogP contribution is -2.46. The average Bonchev–Trinajstić information content (AvgIpc) is 3.23. The Morgan fingerprint density at radius 1 is 1.07 bits per heavy atom. The molecule has 0 bridgehead atoms. The van der Waals surface area contributed by atoms with Crippen LogP contribution in [0, 0.1) is 5.92 Å². The van der Waals surface area contributed by atoms with E-state index < -0.39 is 0 Å². The van der Waals surface area contributed by atoms with Gasteiger partial charge in [0.15, 0.2) is 0 Å². The second-order valence-electron chi connectivity index (χ2n) is 8.25. The van der Waals surface area contributed by atoms with Gasteiger partial charge in [-0.2, -0.15) is 0 Å². The molecule has 4 rings (SSSR count). The summed E-state index contributed by atoms with van der Waals surface area (Å²) in [6.45, 7) is 5.68. The largest absolute Gasteiger partial charge is 0.300 e. The second-order valence-corrected chi connectivity index (χ2v) is 9.23. The van der Waals surface area contributed by atoms with Crippen LogP contribution < -0.4 is 0 Å². The Morgan fingerprint density at radius 3 is 2.78 bits per heavy atom. The summed E-state index contributed by atoms with van der Waals surface area (Å²) in [5.41, 5.74) is 1.30. The van der Waals surface area contributed by atoms with Gasteiger partial charge in [0.1, 0.15) is 5.01 Å². The van der Waals surface area contributed by atoms with Gasteiger partial charge >= 0.3 is 0 Å². The van der Waals surface area contributed by atoms with Crippen molar-refractivity contribution in [2.24, 2.45) is 5.92 Å². The van der Waals surface area contributed by atoms with Crippen LogP contribution in [0.5, 0.6) is 0 Å². The van der Waals surface area contributed by atoms with Gasteiger partial charge in [0.05, 0.1) is 6.54 Å². The van der Waals surface area contributed by atoms with E-state index in [4.69, 9.17) is 0 Å². The number of hydrogen-bond acceptors (Lipinski definition) is 5. The number of hydrogen-bond donors (Lipinski definition) is 0. The predicted molar refractivity (Wildman–Crippen MR) is 112 cm³/mol. The topological polar surface area (TPSA) is 32.3 Å². The average molecular weight is 385 g/mol. The summed E-state index contributed by atoms with van der Waals surface area (Å²) in [7, 11) is 0. The maximum Gasteiger partial charge on any atom is 0.107 e. The Morgan fingerprint density at radius 2 is 2.00 bits per heavy atom. The van der Waals surface area contributed by atoms with Gasteiger partial charge in [0.25, 0.3) is 0 Å². The van der Waals surface area contributed by atoms with Gasteiger partial charge in [-0.05, 0) is 49.8 Å². The van der Waals surface area contributed by atoms with E-state index in [1.54, 1.807) is 11.3 Å². The molecule has 1 saturated heterocycles. The molecule has 0 amide bonds. The lowest BCUT2D eigenvalue weighted by molar-refractivity contribution is 0.0771. The van der Waals surface area contributed by atoms with Gasteiger partial charge in [-0.15, -0.1) is 11.3 Å². The first kappa shape index (κ1) is 19.0. The van der Waals surface area contributed by atoms with Crippen LogP contribution in [0.15, 0.2) is 36.1 Å². The molecule has 0 N–H and O–H groups in total. The van der Waals surface area contributed by atoms with Crippen molar-refractivity contribution >= 4 is 11.3 Å². The van der Waals surface area contributed by atoms with E-state index in [1.807, 2.05) is 24.7 Å². The summed E-state index contributed by atoms with van der Waals surface area (Å²) in [4.78, 5) is 14.2. The van der Waals surface area contributed by atoms with Crippen molar-refractivity contribution < 1.29 is 0 Å². The minimum absolute atomic E-state index is 0.775. The molecular formula is C22H32N4S. The van der Waals surface area contributed by atoms with Gasteiger partial charge in [0, 0.05) is 49.6 Å². The summed E-state index contributed by atoms with van der Waals surface area (Å²) in [6.07, 6.45) is 15.7. The molecule has 2 aliphatic rings. The molecule has 0 aromatic carbocycles. The monoisotopic (exact) mass is 384 g/mol. The SMILES string of the molecule is c1cncc(CN(Cc2nccs2)CC2CCCN(C3CCCCC3)C2)c1. The molecule has 146 valence electrons. The molecule has 0 radical (unpaired) electrons. The summed E-state index contributed by atoms with van der Waals surface area (Å²) in [6, 6.07) is 5.09. The Balaban J connectivity index is 1.38. The summed E-state index contributed by atoms with van der Waals surface area (Å²) < 4.78 is 0. The smallest absolute Gasteiger partial charge is 0.107 e. The Bertz CT molecular complexity index is 654. The van der Waals surface area contributed by atoms with Crippen molar-refractivity contribution in [3.63, 3.8) is 0 Å². The van der Waals surface area contributed by atoms with E-state index in [0.717, 1.165) is 31.6 Å². The highest BCUT2D eigenvalue weighted by atomic mass is 32.1. The Kier molecular flexibility index (Phi) is 6.88. The van der Waals surface area contributed by atoms with Crippen LogP contribution in [0.3, 0.4) is 0 Å². The number of aromatic nitrogens is 2. The molecule has 3 heterocycles. The minimum atomic E-state index is 0.775. The third kappa shape index (κ3) is 5.59. The number of pyridine rings is 1. The summed E-state index contributed by atoms with van der Waals surface area (Å²) in [5.74, 6) is 0.775. The molecule has 1 unspecified atom stereocenters. The number of nitrogens with zero attached hydrogens (tertiary/aromatic N) is 4. The van der Waals surface area contributed by atoms with Crippen molar-refractivity contribution in [1.29, 1.82) is 0 Å². The van der Waals surface area contributed by atoms with Crippen LogP contribution in [-0.4, -0.2) is 45.4 Å². The number of thiazole rings is 1. The normalized spacial score (nSPS) is 22.3. The van der Waals surface area contributed by atoms with Crippen molar-refractivity contribution in [3.05, 3.63) is 46.7 Å². The van der Waals surface area contributed by atoms with Gasteiger partial charge < -0.3 is 4.90 Å². The summed E-state index contributed by atoms with van der Waals surface area (Å²) in [5, 5.41) is 3.31. The number of rotatable bonds is 7. The quantitative estimate of drug-likeness (QED) is 0.699. The summed E-state index contributed by atoms with van der Waals surface area (Å²) >= 11 is 1.77. The van der Waals surface area contributed by atoms with E-state index in [9.17, 15) is 0 Å². The maximum atomic E-state index is 4.53. The highest BCUT2D eigenvalue weighted by Gasteiger charge is 2.28. The zero-order valence-corrected chi connectivity index (χ0v) is 17.1. The molecule has 27 heavy (non-hydrogen) atoms. The van der Waals surface area contributed by atoms with Crippen LogP contribution >= 0.6 is 11.3 Å². The van der Waals surface area contributed by atoms with E-state index in [1.165, 1.54) is 68.6 Å². The molecule has 0 spiro atoms. The van der Waals surface area contributed by atoms with Crippen LogP contribution in [0.25, 0.3) is 0 Å². The molecular weight excluding hydrogens is 352 g/mol. The molecule has 2 aromatic heterocycles. The standard InChI is InChI=1S/C22H32N4S/c1-2-8-21(9-3-1)26-12-5-7-20(17-26)16-25(18-22-24-11-13-27-22)15-19-6-4-10-23-14-19/h4,6,10-11,13-14,20-21H,1-3,5,7-9,12,15-18H2. The van der Waals surface area contributed by atoms with Gasteiger partial charge in [0.2, 0.25) is 0 Å². The third-order valence-corrected chi connectivity index (χ3v) is 6.89. The molecule has 1 aliphatic carbocycles. The zero-order valence-electron chi connectivity index (χ0n) is 16.3. The fourth-order valence-corrected chi connectivity index (χ4v) is 5.50. The molecule has 1 atom stereocenters. The van der Waals surface area contributed by atoms with Gasteiger partial charge in [-0.25, -0.2) is 4.98 Å². The molecule has 4 nitrogen and oxygen atoms in total. The first-order valence-electron chi connectivity index (χ1n) is 10.6. The molecule has 2 fully saturated rings. The van der Waals surface area contributed by atoms with Crippen LogP contribution in [0.4, 0.5) is 0 Å². The third-order valence-electron chi connectivity index (χ3n) is 6.13. The fourth-order valence-electron chi connectivity index (χ4n) is 4.85.